The lowest BCUT2D eigenvalue weighted by Crippen LogP contribution is -1.95. The van der Waals surface area contributed by atoms with Gasteiger partial charge in [0.05, 0.1) is 22.6 Å². The molecule has 0 amide bonds. The molecular weight excluding hydrogens is 235 g/mol. The molecule has 1 aromatic rings. The molecule has 82 valence electrons. The smallest absolute Gasteiger partial charge is 0.0765 e. The van der Waals surface area contributed by atoms with Crippen LogP contribution in [0.15, 0.2) is 23.3 Å². The SMILES string of the molecule is CN/N=C/c1c(Cl)cccc1Cl.N=CN. The molecule has 0 fully saturated rings. The van der Waals surface area contributed by atoms with Gasteiger partial charge in [0.1, 0.15) is 0 Å². The van der Waals surface area contributed by atoms with E-state index in [1.54, 1.807) is 31.5 Å². The number of rotatable bonds is 2. The topological polar surface area (TPSA) is 74.3 Å². The van der Waals surface area contributed by atoms with Crippen molar-refractivity contribution < 1.29 is 0 Å². The number of nitrogens with two attached hydrogens (primary N) is 1. The van der Waals surface area contributed by atoms with Gasteiger partial charge in [-0.05, 0) is 12.1 Å². The summed E-state index contributed by atoms with van der Waals surface area (Å²) in [5.74, 6) is 0. The fourth-order valence-corrected chi connectivity index (χ4v) is 1.26. The Bertz CT molecular complexity index is 319. The van der Waals surface area contributed by atoms with Gasteiger partial charge >= 0.3 is 0 Å². The minimum Gasteiger partial charge on any atom is -0.390 e. The Balaban J connectivity index is 0.000000583. The zero-order chi connectivity index (χ0) is 11.7. The molecule has 0 aliphatic rings. The van der Waals surface area contributed by atoms with Crippen LogP contribution in [0.25, 0.3) is 0 Å². The number of hydrogen-bond donors (Lipinski definition) is 3. The summed E-state index contributed by atoms with van der Waals surface area (Å²) >= 11 is 11.7. The molecule has 0 heterocycles. The van der Waals surface area contributed by atoms with E-state index in [0.29, 0.717) is 10.0 Å². The van der Waals surface area contributed by atoms with E-state index in [2.05, 4.69) is 16.3 Å². The second-order valence-corrected chi connectivity index (χ2v) is 3.10. The first-order chi connectivity index (χ1) is 7.17. The van der Waals surface area contributed by atoms with Crippen molar-refractivity contribution in [3.63, 3.8) is 0 Å². The van der Waals surface area contributed by atoms with Gasteiger partial charge in [-0.2, -0.15) is 5.10 Å². The molecule has 1 rings (SSSR count). The number of hydrazone groups is 1. The molecule has 0 saturated carbocycles. The van der Waals surface area contributed by atoms with E-state index in [9.17, 15) is 0 Å². The van der Waals surface area contributed by atoms with Crippen molar-refractivity contribution in [3.05, 3.63) is 33.8 Å². The summed E-state index contributed by atoms with van der Waals surface area (Å²) in [6.07, 6.45) is 2.34. The van der Waals surface area contributed by atoms with Crippen molar-refractivity contribution in [1.29, 1.82) is 5.41 Å². The highest BCUT2D eigenvalue weighted by molar-refractivity contribution is 6.38. The van der Waals surface area contributed by atoms with Crippen LogP contribution in [0.4, 0.5) is 0 Å². The van der Waals surface area contributed by atoms with Gasteiger partial charge in [0.2, 0.25) is 0 Å². The maximum absolute atomic E-state index is 5.86. The van der Waals surface area contributed by atoms with Crippen molar-refractivity contribution in [1.82, 2.24) is 5.43 Å². The predicted molar refractivity (Wildman–Crippen MR) is 66.1 cm³/mol. The standard InChI is InChI=1S/C8H8Cl2N2.CH4N2/c1-11-12-5-6-7(9)3-2-4-8(6)10;2-1-3/h2-5,11H,1H3;1H,(H3,2,3)/b12-5+;. The summed E-state index contributed by atoms with van der Waals surface area (Å²) in [5, 5.41) is 10.9. The molecule has 1 aromatic carbocycles. The number of hydrogen-bond acceptors (Lipinski definition) is 3. The monoisotopic (exact) mass is 246 g/mol. The average molecular weight is 247 g/mol. The molecule has 0 radical (unpaired) electrons. The second-order valence-electron chi connectivity index (χ2n) is 2.28. The Hall–Kier alpha value is -1.26. The Morgan fingerprint density at radius 3 is 2.27 bits per heavy atom. The van der Waals surface area contributed by atoms with E-state index < -0.39 is 0 Å². The van der Waals surface area contributed by atoms with E-state index in [4.69, 9.17) is 28.6 Å². The zero-order valence-electron chi connectivity index (χ0n) is 8.17. The summed E-state index contributed by atoms with van der Waals surface area (Å²) in [4.78, 5) is 0. The molecule has 0 saturated heterocycles. The fourth-order valence-electron chi connectivity index (χ4n) is 0.763. The van der Waals surface area contributed by atoms with Gasteiger partial charge in [-0.1, -0.05) is 29.3 Å². The quantitative estimate of drug-likeness (QED) is 0.425. The highest BCUT2D eigenvalue weighted by atomic mass is 35.5. The molecule has 0 aromatic heterocycles. The largest absolute Gasteiger partial charge is 0.390 e. The van der Waals surface area contributed by atoms with Gasteiger partial charge in [0.15, 0.2) is 0 Å². The van der Waals surface area contributed by atoms with Crippen LogP contribution in [0.3, 0.4) is 0 Å². The first kappa shape index (κ1) is 13.7. The summed E-state index contributed by atoms with van der Waals surface area (Å²) in [6, 6.07) is 5.33. The van der Waals surface area contributed by atoms with Gasteiger partial charge in [-0.3, -0.25) is 5.41 Å². The van der Waals surface area contributed by atoms with Crippen LogP contribution in [0, 0.1) is 5.41 Å². The van der Waals surface area contributed by atoms with Gasteiger partial charge in [0, 0.05) is 12.6 Å². The third kappa shape index (κ3) is 5.24. The van der Waals surface area contributed by atoms with Crippen LogP contribution >= 0.6 is 23.2 Å². The van der Waals surface area contributed by atoms with Crippen molar-refractivity contribution >= 4 is 35.8 Å². The second kappa shape index (κ2) is 8.08. The minimum absolute atomic E-state index is 0.599. The summed E-state index contributed by atoms with van der Waals surface area (Å²) in [7, 11) is 1.71. The van der Waals surface area contributed by atoms with Gasteiger partial charge < -0.3 is 11.2 Å². The van der Waals surface area contributed by atoms with Gasteiger partial charge in [-0.25, -0.2) is 0 Å². The number of halogens is 2. The van der Waals surface area contributed by atoms with Gasteiger partial charge in [0.25, 0.3) is 0 Å². The highest BCUT2D eigenvalue weighted by Crippen LogP contribution is 2.21. The molecule has 0 atom stereocenters. The normalized spacial score (nSPS) is 9.27. The maximum atomic E-state index is 5.86. The van der Waals surface area contributed by atoms with Crippen molar-refractivity contribution in [3.8, 4) is 0 Å². The summed E-state index contributed by atoms with van der Waals surface area (Å²) in [5.41, 5.74) is 7.74. The van der Waals surface area contributed by atoms with Crippen LogP contribution in [-0.2, 0) is 0 Å². The average Bonchev–Trinajstić information content (AvgIpc) is 2.18. The number of nitrogens with zero attached hydrogens (tertiary/aromatic N) is 1. The molecule has 0 aliphatic heterocycles. The van der Waals surface area contributed by atoms with E-state index >= 15 is 0 Å². The lowest BCUT2D eigenvalue weighted by Gasteiger charge is -1.99. The Kier molecular flexibility index (Phi) is 7.40. The van der Waals surface area contributed by atoms with Crippen molar-refractivity contribution in [2.24, 2.45) is 10.8 Å². The minimum atomic E-state index is 0.599. The summed E-state index contributed by atoms with van der Waals surface area (Å²) < 4.78 is 0. The fraction of sp³-hybridized carbons (Fsp3) is 0.111. The highest BCUT2D eigenvalue weighted by Gasteiger charge is 2.00. The Morgan fingerprint density at radius 2 is 1.87 bits per heavy atom. The molecular formula is C9H12Cl2N4. The van der Waals surface area contributed by atoms with Crippen molar-refractivity contribution in [2.45, 2.75) is 0 Å². The Morgan fingerprint density at radius 1 is 1.40 bits per heavy atom. The van der Waals surface area contributed by atoms with Crippen LogP contribution < -0.4 is 11.2 Å². The van der Waals surface area contributed by atoms with Crippen LogP contribution in [-0.4, -0.2) is 19.6 Å². The molecule has 6 heteroatoms. The third-order valence-corrected chi connectivity index (χ3v) is 1.98. The molecule has 15 heavy (non-hydrogen) atoms. The zero-order valence-corrected chi connectivity index (χ0v) is 9.68. The van der Waals surface area contributed by atoms with Gasteiger partial charge in [-0.15, -0.1) is 0 Å². The first-order valence-corrected chi connectivity index (χ1v) is 4.77. The van der Waals surface area contributed by atoms with E-state index in [-0.39, 0.29) is 0 Å². The summed E-state index contributed by atoms with van der Waals surface area (Å²) in [6.45, 7) is 0. The number of nitrogens with one attached hydrogen (secondary N) is 2. The lowest BCUT2D eigenvalue weighted by atomic mass is 10.2. The number of benzene rings is 1. The van der Waals surface area contributed by atoms with E-state index in [1.165, 1.54) is 0 Å². The molecule has 4 N–H and O–H groups in total. The van der Waals surface area contributed by atoms with E-state index in [0.717, 1.165) is 11.9 Å². The lowest BCUT2D eigenvalue weighted by molar-refractivity contribution is 0.908. The molecule has 0 unspecified atom stereocenters. The molecule has 0 bridgehead atoms. The van der Waals surface area contributed by atoms with Crippen LogP contribution in [0.1, 0.15) is 5.56 Å². The maximum Gasteiger partial charge on any atom is 0.0765 e. The third-order valence-electron chi connectivity index (χ3n) is 1.32. The molecule has 0 aliphatic carbocycles. The first-order valence-electron chi connectivity index (χ1n) is 4.01. The van der Waals surface area contributed by atoms with Crippen molar-refractivity contribution in [2.75, 3.05) is 7.05 Å². The van der Waals surface area contributed by atoms with Crippen LogP contribution in [0.5, 0.6) is 0 Å². The molecule has 4 nitrogen and oxygen atoms in total. The predicted octanol–water partition coefficient (Wildman–Crippen LogP) is 2.10. The van der Waals surface area contributed by atoms with E-state index in [1.807, 2.05) is 0 Å². The Labute approximate surface area is 98.6 Å². The van der Waals surface area contributed by atoms with Crippen LogP contribution in [0.2, 0.25) is 10.0 Å². The molecule has 0 spiro atoms.